The fourth-order valence-corrected chi connectivity index (χ4v) is 0.385. The van der Waals surface area contributed by atoms with Gasteiger partial charge in [0.2, 0.25) is 0 Å². The molecule has 0 aromatic heterocycles. The average molecular weight is 136 g/mol. The number of nitrogens with one attached hydrogen (secondary N) is 2. The number of hydrogen-bond donors (Lipinski definition) is 2. The Morgan fingerprint density at radius 1 is 0.600 bits per heavy atom. The lowest BCUT2D eigenvalue weighted by Gasteiger charge is -1.69. The van der Waals surface area contributed by atoms with Crippen LogP contribution in [-0.4, -0.2) is 0 Å². The average Bonchev–Trinajstić information content (AvgIpc) is 2.14. The fraction of sp³-hybridized carbons (Fsp3) is 0. The van der Waals surface area contributed by atoms with Crippen molar-refractivity contribution in [2.45, 2.75) is 0 Å². The molecule has 2 N–H and O–H groups in total. The van der Waals surface area contributed by atoms with E-state index in [0.29, 0.717) is 0 Å². The van der Waals surface area contributed by atoms with E-state index in [2.05, 4.69) is 13.2 Å². The van der Waals surface area contributed by atoms with Crippen LogP contribution in [0.5, 0.6) is 0 Å². The molecule has 0 aliphatic carbocycles. The highest BCUT2D eigenvalue weighted by atomic mass is 14.7. The second-order valence-electron chi connectivity index (χ2n) is 1.15. The first-order chi connectivity index (χ1) is 5.00. The molecule has 10 heavy (non-hydrogen) atoms. The molecule has 0 spiro atoms. The Balaban J connectivity index is 0. The topological polar surface area (TPSA) is 47.7 Å². The summed E-state index contributed by atoms with van der Waals surface area (Å²) in [5.41, 5.74) is 10.0. The molecule has 1 aromatic carbocycles. The van der Waals surface area contributed by atoms with Crippen LogP contribution in [0.4, 0.5) is 0 Å². The van der Waals surface area contributed by atoms with Gasteiger partial charge < -0.3 is 0 Å². The van der Waals surface area contributed by atoms with Crippen LogP contribution >= 0.6 is 0 Å². The monoisotopic (exact) mass is 136 g/mol. The number of hydrogen-bond acceptors (Lipinski definition) is 2. The van der Waals surface area contributed by atoms with Gasteiger partial charge in [0.1, 0.15) is 0 Å². The van der Waals surface area contributed by atoms with E-state index >= 15 is 0 Å². The second kappa shape index (κ2) is 15.6. The molecular formula is C8H12N2. The zero-order valence-electron chi connectivity index (χ0n) is 5.88. The van der Waals surface area contributed by atoms with Crippen LogP contribution in [0.1, 0.15) is 0 Å². The van der Waals surface area contributed by atoms with Crippen LogP contribution in [0.15, 0.2) is 49.6 Å². The Labute approximate surface area is 61.5 Å². The fourth-order valence-electron chi connectivity index (χ4n) is 0.385. The summed E-state index contributed by atoms with van der Waals surface area (Å²) in [5.74, 6) is 0. The lowest BCUT2D eigenvalue weighted by Crippen LogP contribution is -1.47. The molecule has 0 saturated carbocycles. The quantitative estimate of drug-likeness (QED) is 0.406. The Morgan fingerprint density at radius 2 is 0.700 bits per heavy atom. The minimum absolute atomic E-state index is 2.00. The molecular weight excluding hydrogens is 124 g/mol. The third-order valence-corrected chi connectivity index (χ3v) is 0.667. The summed E-state index contributed by atoms with van der Waals surface area (Å²) in [6.45, 7) is 6.00. The first-order valence-corrected chi connectivity index (χ1v) is 2.75. The van der Waals surface area contributed by atoms with Crippen molar-refractivity contribution in [3.05, 3.63) is 49.6 Å². The van der Waals surface area contributed by atoms with Gasteiger partial charge in [-0.3, -0.25) is 0 Å². The highest BCUT2D eigenvalue weighted by Gasteiger charge is 1.57. The second-order valence-corrected chi connectivity index (χ2v) is 1.15. The molecule has 0 unspecified atom stereocenters. The molecule has 0 bridgehead atoms. The molecule has 0 saturated heterocycles. The standard InChI is InChI=1S/C6H6.C2H4.H2N2/c1-2-4-6-5-3-1;2*1-2/h1-6H;1-2H2;1-2H. The highest BCUT2D eigenvalue weighted by Crippen LogP contribution is 1.79. The van der Waals surface area contributed by atoms with Crippen LogP contribution in [0.25, 0.3) is 0 Å². The minimum Gasteiger partial charge on any atom is -0.213 e. The Morgan fingerprint density at radius 3 is 0.800 bits per heavy atom. The van der Waals surface area contributed by atoms with E-state index in [0.717, 1.165) is 0 Å². The van der Waals surface area contributed by atoms with Crippen LogP contribution < -0.4 is 0 Å². The predicted octanol–water partition coefficient (Wildman–Crippen LogP) is 3.08. The maximum absolute atomic E-state index is 5.00. The van der Waals surface area contributed by atoms with Crippen LogP contribution in [0.3, 0.4) is 0 Å². The lowest BCUT2D eigenvalue weighted by atomic mass is 10.4. The normalized spacial score (nSPS) is 5.60. The van der Waals surface area contributed by atoms with E-state index in [9.17, 15) is 0 Å². The van der Waals surface area contributed by atoms with E-state index in [-0.39, 0.29) is 0 Å². The zero-order chi connectivity index (χ0) is 8.24. The van der Waals surface area contributed by atoms with Crippen molar-refractivity contribution in [1.29, 1.82) is 11.1 Å². The van der Waals surface area contributed by atoms with Crippen LogP contribution in [-0.2, 0) is 0 Å². The Kier molecular flexibility index (Phi) is 17.8. The first-order valence-electron chi connectivity index (χ1n) is 2.75. The van der Waals surface area contributed by atoms with Crippen molar-refractivity contribution in [3.63, 3.8) is 0 Å². The minimum atomic E-state index is 2.00. The molecule has 2 heteroatoms. The third-order valence-electron chi connectivity index (χ3n) is 0.667. The predicted molar refractivity (Wildman–Crippen MR) is 43.1 cm³/mol. The molecule has 0 heterocycles. The SMILES string of the molecule is C=C.N=N.c1ccccc1. The molecule has 0 amide bonds. The summed E-state index contributed by atoms with van der Waals surface area (Å²) >= 11 is 0. The first kappa shape index (κ1) is 11.4. The molecule has 0 fully saturated rings. The van der Waals surface area contributed by atoms with Gasteiger partial charge in [-0.1, -0.05) is 36.4 Å². The van der Waals surface area contributed by atoms with E-state index in [4.69, 9.17) is 11.1 Å². The molecule has 0 radical (unpaired) electrons. The van der Waals surface area contributed by atoms with Gasteiger partial charge in [0.25, 0.3) is 0 Å². The van der Waals surface area contributed by atoms with Crippen molar-refractivity contribution in [2.75, 3.05) is 0 Å². The summed E-state index contributed by atoms with van der Waals surface area (Å²) in [5, 5.41) is 0. The van der Waals surface area contributed by atoms with Crippen LogP contribution in [0, 0.1) is 11.1 Å². The van der Waals surface area contributed by atoms with Gasteiger partial charge in [0.05, 0.1) is 0 Å². The van der Waals surface area contributed by atoms with E-state index in [1.165, 1.54) is 0 Å². The molecule has 0 atom stereocenters. The Hall–Kier alpha value is -1.44. The third kappa shape index (κ3) is 9.75. The smallest absolute Gasteiger partial charge is 0.0623 e. The summed E-state index contributed by atoms with van der Waals surface area (Å²) in [6, 6.07) is 12.0. The van der Waals surface area contributed by atoms with Crippen molar-refractivity contribution < 1.29 is 0 Å². The zero-order valence-corrected chi connectivity index (χ0v) is 5.88. The van der Waals surface area contributed by atoms with Crippen molar-refractivity contribution >= 4 is 0 Å². The van der Waals surface area contributed by atoms with Gasteiger partial charge in [-0.25, -0.2) is 11.1 Å². The van der Waals surface area contributed by atoms with Crippen LogP contribution in [0.2, 0.25) is 0 Å². The van der Waals surface area contributed by atoms with E-state index in [1.54, 1.807) is 0 Å². The van der Waals surface area contributed by atoms with E-state index < -0.39 is 0 Å². The largest absolute Gasteiger partial charge is 0.213 e. The molecule has 0 aliphatic heterocycles. The summed E-state index contributed by atoms with van der Waals surface area (Å²) in [4.78, 5) is 0. The van der Waals surface area contributed by atoms with Crippen molar-refractivity contribution in [2.24, 2.45) is 0 Å². The van der Waals surface area contributed by atoms with Gasteiger partial charge in [-0.05, 0) is 0 Å². The summed E-state index contributed by atoms with van der Waals surface area (Å²) < 4.78 is 0. The maximum Gasteiger partial charge on any atom is -0.0623 e. The van der Waals surface area contributed by atoms with Crippen molar-refractivity contribution in [3.8, 4) is 0 Å². The van der Waals surface area contributed by atoms with Gasteiger partial charge in [0.15, 0.2) is 0 Å². The summed E-state index contributed by atoms with van der Waals surface area (Å²) in [6.07, 6.45) is 0. The molecule has 2 nitrogen and oxygen atoms in total. The molecule has 54 valence electrons. The molecule has 1 aromatic rings. The molecule has 0 aliphatic rings. The Bertz CT molecular complexity index is 99.2. The van der Waals surface area contributed by atoms with E-state index in [1.807, 2.05) is 36.4 Å². The molecule has 1 rings (SSSR count). The summed E-state index contributed by atoms with van der Waals surface area (Å²) in [7, 11) is 0. The maximum atomic E-state index is 5.00. The number of rotatable bonds is 0. The van der Waals surface area contributed by atoms with Crippen molar-refractivity contribution in [1.82, 2.24) is 0 Å². The van der Waals surface area contributed by atoms with Gasteiger partial charge in [0, 0.05) is 0 Å². The van der Waals surface area contributed by atoms with Gasteiger partial charge >= 0.3 is 0 Å². The van der Waals surface area contributed by atoms with Gasteiger partial charge in [-0.2, -0.15) is 0 Å². The van der Waals surface area contributed by atoms with Gasteiger partial charge in [-0.15, -0.1) is 13.2 Å². The lowest BCUT2D eigenvalue weighted by molar-refractivity contribution is 1.05. The number of benzene rings is 1. The highest BCUT2D eigenvalue weighted by molar-refractivity contribution is 4.99.